The quantitative estimate of drug-likeness (QED) is 0.786. The Balaban J connectivity index is 1.90. The predicted molar refractivity (Wildman–Crippen MR) is 68.1 cm³/mol. The predicted octanol–water partition coefficient (Wildman–Crippen LogP) is 0.916. The van der Waals surface area contributed by atoms with Crippen molar-refractivity contribution in [1.82, 2.24) is 5.32 Å². The minimum atomic E-state index is -0.270. The molecule has 0 unspecified atom stereocenters. The van der Waals surface area contributed by atoms with Gasteiger partial charge in [0.2, 0.25) is 0 Å². The largest absolute Gasteiger partial charge is 0.499 e. The van der Waals surface area contributed by atoms with Gasteiger partial charge in [-0.3, -0.25) is 5.32 Å². The van der Waals surface area contributed by atoms with E-state index in [1.54, 1.807) is 0 Å². The van der Waals surface area contributed by atoms with Gasteiger partial charge in [0.25, 0.3) is 0 Å². The number of ether oxygens (including phenoxy) is 1. The smallest absolute Gasteiger partial charge is 0.492 e. The van der Waals surface area contributed by atoms with Gasteiger partial charge in [-0.2, -0.15) is 0 Å². The highest BCUT2D eigenvalue weighted by Crippen LogP contribution is 2.45. The molecule has 0 saturated heterocycles. The van der Waals surface area contributed by atoms with E-state index in [4.69, 9.17) is 14.0 Å². The molecule has 1 N–H and O–H groups in total. The van der Waals surface area contributed by atoms with E-state index in [9.17, 15) is 0 Å². The van der Waals surface area contributed by atoms with Crippen molar-refractivity contribution in [2.75, 3.05) is 20.3 Å². The van der Waals surface area contributed by atoms with E-state index in [2.05, 4.69) is 17.4 Å². The molecule has 1 aromatic rings. The van der Waals surface area contributed by atoms with Gasteiger partial charge < -0.3 is 14.0 Å². The molecule has 0 spiro atoms. The third-order valence-corrected chi connectivity index (χ3v) is 3.93. The highest BCUT2D eigenvalue weighted by atomic mass is 16.6. The van der Waals surface area contributed by atoms with E-state index in [1.807, 2.05) is 7.05 Å². The van der Waals surface area contributed by atoms with E-state index in [1.165, 1.54) is 24.0 Å². The molecule has 1 aromatic carbocycles. The van der Waals surface area contributed by atoms with Crippen LogP contribution in [0.15, 0.2) is 12.1 Å². The van der Waals surface area contributed by atoms with E-state index in [0.29, 0.717) is 19.1 Å². The van der Waals surface area contributed by atoms with Gasteiger partial charge in [0.15, 0.2) is 0 Å². The zero-order valence-electron chi connectivity index (χ0n) is 10.4. The van der Waals surface area contributed by atoms with Gasteiger partial charge in [0.1, 0.15) is 18.6 Å². The number of rotatable bonds is 2. The zero-order chi connectivity index (χ0) is 12.1. The summed E-state index contributed by atoms with van der Waals surface area (Å²) in [6.07, 6.45) is 2.51. The van der Waals surface area contributed by atoms with Crippen molar-refractivity contribution >= 4 is 12.6 Å². The Morgan fingerprint density at radius 2 is 2.17 bits per heavy atom. The number of nitrogens with one attached hydrogen (secondary N) is 1. The van der Waals surface area contributed by atoms with Crippen LogP contribution in [0.4, 0.5) is 0 Å². The molecule has 4 nitrogen and oxygen atoms in total. The molecule has 4 rings (SSSR count). The monoisotopic (exact) mass is 245 g/mol. The van der Waals surface area contributed by atoms with Gasteiger partial charge in [-0.15, -0.1) is 0 Å². The lowest BCUT2D eigenvalue weighted by Crippen LogP contribution is -2.32. The van der Waals surface area contributed by atoms with Gasteiger partial charge in [-0.1, -0.05) is 6.07 Å². The third kappa shape index (κ3) is 1.51. The van der Waals surface area contributed by atoms with Crippen LogP contribution in [0.3, 0.4) is 0 Å². The molecule has 5 heteroatoms. The second-order valence-electron chi connectivity index (χ2n) is 5.11. The maximum absolute atomic E-state index is 5.95. The van der Waals surface area contributed by atoms with Crippen molar-refractivity contribution in [3.05, 3.63) is 23.3 Å². The summed E-state index contributed by atoms with van der Waals surface area (Å²) in [7, 11) is 1.65. The molecular weight excluding hydrogens is 229 g/mol. The normalized spacial score (nSPS) is 25.6. The molecule has 0 aromatic heterocycles. The first-order chi connectivity index (χ1) is 8.88. The van der Waals surface area contributed by atoms with Crippen LogP contribution in [0, 0.1) is 0 Å². The summed E-state index contributed by atoms with van der Waals surface area (Å²) in [5.74, 6) is 1.63. The van der Waals surface area contributed by atoms with Crippen LogP contribution in [0.2, 0.25) is 0 Å². The van der Waals surface area contributed by atoms with Crippen LogP contribution >= 0.6 is 0 Å². The van der Waals surface area contributed by atoms with E-state index < -0.39 is 0 Å². The molecule has 1 aliphatic carbocycles. The zero-order valence-corrected chi connectivity index (χ0v) is 10.4. The van der Waals surface area contributed by atoms with Gasteiger partial charge in [-0.25, -0.2) is 0 Å². The van der Waals surface area contributed by atoms with Crippen molar-refractivity contribution in [3.63, 3.8) is 0 Å². The fourth-order valence-electron chi connectivity index (χ4n) is 2.95. The Morgan fingerprint density at radius 1 is 1.28 bits per heavy atom. The average molecular weight is 245 g/mol. The minimum absolute atomic E-state index is 0.0674. The third-order valence-electron chi connectivity index (χ3n) is 3.93. The van der Waals surface area contributed by atoms with Crippen LogP contribution in [-0.4, -0.2) is 27.4 Å². The van der Waals surface area contributed by atoms with Gasteiger partial charge >= 0.3 is 7.12 Å². The highest BCUT2D eigenvalue weighted by Gasteiger charge is 2.44. The molecule has 18 heavy (non-hydrogen) atoms. The molecule has 2 aliphatic heterocycles. The molecule has 1 atom stereocenters. The molecule has 0 bridgehead atoms. The fourth-order valence-corrected chi connectivity index (χ4v) is 2.95. The van der Waals surface area contributed by atoms with Crippen molar-refractivity contribution in [2.45, 2.75) is 25.0 Å². The minimum Gasteiger partial charge on any atom is -0.492 e. The van der Waals surface area contributed by atoms with Gasteiger partial charge in [0.05, 0.1) is 6.61 Å². The SMILES string of the molecule is CN[C@H]1OB2OCCOc3ccc(C4CC4)c1c32. The Morgan fingerprint density at radius 3 is 2.94 bits per heavy atom. The summed E-state index contributed by atoms with van der Waals surface area (Å²) in [5.41, 5.74) is 3.77. The second kappa shape index (κ2) is 3.98. The molecule has 0 amide bonds. The van der Waals surface area contributed by atoms with Gasteiger partial charge in [0, 0.05) is 11.0 Å². The van der Waals surface area contributed by atoms with Crippen molar-refractivity contribution in [2.24, 2.45) is 0 Å². The van der Waals surface area contributed by atoms with Crippen molar-refractivity contribution in [1.29, 1.82) is 0 Å². The highest BCUT2D eigenvalue weighted by molar-refractivity contribution is 6.64. The van der Waals surface area contributed by atoms with Gasteiger partial charge in [-0.05, 0) is 37.4 Å². The topological polar surface area (TPSA) is 39.7 Å². The Hall–Kier alpha value is -1.04. The summed E-state index contributed by atoms with van der Waals surface area (Å²) in [6, 6.07) is 4.28. The Labute approximate surface area is 107 Å². The summed E-state index contributed by atoms with van der Waals surface area (Å²) < 4.78 is 17.4. The first-order valence-corrected chi connectivity index (χ1v) is 6.62. The molecule has 3 aliphatic rings. The first kappa shape index (κ1) is 10.8. The summed E-state index contributed by atoms with van der Waals surface area (Å²) in [6.45, 7) is 1.17. The summed E-state index contributed by atoms with van der Waals surface area (Å²) in [4.78, 5) is 0. The Kier molecular flexibility index (Phi) is 2.40. The molecule has 94 valence electrons. The molecular formula is C13H16BNO3. The average Bonchev–Trinajstić information content (AvgIpc) is 3.18. The van der Waals surface area contributed by atoms with Crippen LogP contribution < -0.4 is 15.5 Å². The molecule has 2 heterocycles. The molecule has 1 fully saturated rings. The number of hydrogen-bond donors (Lipinski definition) is 1. The number of benzene rings is 1. The van der Waals surface area contributed by atoms with E-state index in [0.717, 1.165) is 11.2 Å². The standard InChI is InChI=1S/C13H16BNO3/c1-15-13-11-9(8-2-3-8)4-5-10-12(11)14(18-13)17-7-6-16-10/h4-5,8,13,15H,2-3,6-7H2,1H3/t13-/m0/s1. The molecule has 1 saturated carbocycles. The Bertz CT molecular complexity index is 489. The maximum Gasteiger partial charge on any atom is 0.499 e. The van der Waals surface area contributed by atoms with Crippen LogP contribution in [0.5, 0.6) is 5.75 Å². The first-order valence-electron chi connectivity index (χ1n) is 6.62. The molecule has 0 radical (unpaired) electrons. The lowest BCUT2D eigenvalue weighted by molar-refractivity contribution is 0.127. The van der Waals surface area contributed by atoms with Crippen molar-refractivity contribution in [3.8, 4) is 5.75 Å². The van der Waals surface area contributed by atoms with Crippen LogP contribution in [0.25, 0.3) is 0 Å². The lowest BCUT2D eigenvalue weighted by atomic mass is 9.76. The maximum atomic E-state index is 5.95. The van der Waals surface area contributed by atoms with Crippen LogP contribution in [0.1, 0.15) is 36.1 Å². The summed E-state index contributed by atoms with van der Waals surface area (Å²) in [5, 5.41) is 3.23. The lowest BCUT2D eigenvalue weighted by Gasteiger charge is -2.16. The van der Waals surface area contributed by atoms with Crippen molar-refractivity contribution < 1.29 is 14.0 Å². The summed E-state index contributed by atoms with van der Waals surface area (Å²) >= 11 is 0. The van der Waals surface area contributed by atoms with Crippen LogP contribution in [-0.2, 0) is 9.31 Å². The van der Waals surface area contributed by atoms with E-state index in [-0.39, 0.29) is 13.3 Å². The fraction of sp³-hybridized carbons (Fsp3) is 0.538. The second-order valence-corrected chi connectivity index (χ2v) is 5.11. The number of hydrogen-bond acceptors (Lipinski definition) is 4. The van der Waals surface area contributed by atoms with E-state index >= 15 is 0 Å².